The third-order valence-corrected chi connectivity index (χ3v) is 5.15. The molecule has 0 unspecified atom stereocenters. The van der Waals surface area contributed by atoms with Gasteiger partial charge in [0.15, 0.2) is 5.13 Å². The number of rotatable bonds is 2. The fourth-order valence-electron chi connectivity index (χ4n) is 3.47. The highest BCUT2D eigenvalue weighted by atomic mass is 32.1. The fraction of sp³-hybridized carbons (Fsp3) is 0.333. The molecule has 0 radical (unpaired) electrons. The highest BCUT2D eigenvalue weighted by molar-refractivity contribution is 7.13. The molecule has 0 fully saturated rings. The molecule has 0 saturated heterocycles. The number of nitrogen functional groups attached to an aromatic ring is 1. The third kappa shape index (κ3) is 2.02. The lowest BCUT2D eigenvalue weighted by molar-refractivity contribution is 0.869. The summed E-state index contributed by atoms with van der Waals surface area (Å²) in [5.74, 6) is 0.462. The molecular weight excluding hydrogens is 290 g/mol. The summed E-state index contributed by atoms with van der Waals surface area (Å²) in [6.45, 7) is 4.45. The molecule has 112 valence electrons. The zero-order valence-electron chi connectivity index (χ0n) is 12.9. The van der Waals surface area contributed by atoms with Crippen molar-refractivity contribution in [1.82, 2.24) is 9.97 Å². The molecule has 1 aromatic carbocycles. The van der Waals surface area contributed by atoms with Crippen LogP contribution in [0, 0.1) is 0 Å². The second-order valence-electron chi connectivity index (χ2n) is 6.23. The average Bonchev–Trinajstić information content (AvgIpc) is 3.12. The van der Waals surface area contributed by atoms with Gasteiger partial charge in [0.1, 0.15) is 0 Å². The van der Waals surface area contributed by atoms with Gasteiger partial charge >= 0.3 is 0 Å². The summed E-state index contributed by atoms with van der Waals surface area (Å²) < 4.78 is 0. The molecule has 0 bridgehead atoms. The Morgan fingerprint density at radius 1 is 1.18 bits per heavy atom. The predicted molar refractivity (Wildman–Crippen MR) is 93.4 cm³/mol. The first-order valence-corrected chi connectivity index (χ1v) is 8.69. The van der Waals surface area contributed by atoms with Crippen LogP contribution in [0.4, 0.5) is 5.13 Å². The van der Waals surface area contributed by atoms with Gasteiger partial charge < -0.3 is 5.73 Å². The molecule has 0 spiro atoms. The Kier molecular flexibility index (Phi) is 3.15. The maximum atomic E-state index is 5.88. The van der Waals surface area contributed by atoms with E-state index in [1.54, 1.807) is 0 Å². The Balaban J connectivity index is 2.11. The summed E-state index contributed by atoms with van der Waals surface area (Å²) in [6.07, 6.45) is 3.35. The van der Waals surface area contributed by atoms with E-state index in [0.717, 1.165) is 24.1 Å². The first-order chi connectivity index (χ1) is 10.6. The van der Waals surface area contributed by atoms with Crippen LogP contribution in [0.2, 0.25) is 0 Å². The van der Waals surface area contributed by atoms with Gasteiger partial charge in [-0.15, -0.1) is 11.3 Å². The van der Waals surface area contributed by atoms with E-state index in [0.29, 0.717) is 11.0 Å². The quantitative estimate of drug-likeness (QED) is 0.755. The Bertz CT molecular complexity index is 864. The normalized spacial score (nSPS) is 14.0. The summed E-state index contributed by atoms with van der Waals surface area (Å²) in [6, 6.07) is 6.51. The highest BCUT2D eigenvalue weighted by Gasteiger charge is 2.23. The van der Waals surface area contributed by atoms with E-state index >= 15 is 0 Å². The van der Waals surface area contributed by atoms with Crippen molar-refractivity contribution in [3.8, 4) is 11.3 Å². The van der Waals surface area contributed by atoms with E-state index in [1.165, 1.54) is 45.5 Å². The number of thiazole rings is 1. The zero-order chi connectivity index (χ0) is 15.3. The zero-order valence-corrected chi connectivity index (χ0v) is 13.7. The van der Waals surface area contributed by atoms with E-state index in [4.69, 9.17) is 10.7 Å². The molecule has 1 aliphatic rings. The molecule has 0 atom stereocenters. The fourth-order valence-corrected chi connectivity index (χ4v) is 4.02. The highest BCUT2D eigenvalue weighted by Crippen LogP contribution is 2.39. The third-order valence-electron chi connectivity index (χ3n) is 4.47. The van der Waals surface area contributed by atoms with Crippen LogP contribution in [0.1, 0.15) is 43.0 Å². The molecule has 3 aromatic rings. The van der Waals surface area contributed by atoms with Crippen molar-refractivity contribution in [3.63, 3.8) is 0 Å². The largest absolute Gasteiger partial charge is 0.375 e. The first kappa shape index (κ1) is 13.7. The van der Waals surface area contributed by atoms with Crippen LogP contribution in [0.15, 0.2) is 23.6 Å². The van der Waals surface area contributed by atoms with E-state index in [2.05, 4.69) is 42.4 Å². The molecule has 4 rings (SSSR count). The Morgan fingerprint density at radius 2 is 2.05 bits per heavy atom. The van der Waals surface area contributed by atoms with Crippen molar-refractivity contribution in [2.24, 2.45) is 0 Å². The number of hydrogen-bond donors (Lipinski definition) is 1. The standard InChI is InChI=1S/C18H19N3S/c1-10(2)11-5-3-7-13-16(15-9-22-18(19)21-15)12-6-4-8-14(12)20-17(11)13/h3,5,7,9-10H,4,6,8H2,1-2H3,(H2,19,21). The van der Waals surface area contributed by atoms with Crippen LogP contribution in [0.5, 0.6) is 0 Å². The summed E-state index contributed by atoms with van der Waals surface area (Å²) >= 11 is 1.51. The monoisotopic (exact) mass is 309 g/mol. The number of pyridine rings is 1. The second-order valence-corrected chi connectivity index (χ2v) is 7.12. The van der Waals surface area contributed by atoms with Gasteiger partial charge in [0.2, 0.25) is 0 Å². The molecule has 0 saturated carbocycles. The minimum atomic E-state index is 0.462. The molecule has 2 N–H and O–H groups in total. The van der Waals surface area contributed by atoms with Gasteiger partial charge in [0.05, 0.1) is 11.2 Å². The lowest BCUT2D eigenvalue weighted by atomic mass is 9.93. The van der Waals surface area contributed by atoms with Crippen LogP contribution in [-0.4, -0.2) is 9.97 Å². The van der Waals surface area contributed by atoms with Crippen molar-refractivity contribution in [2.45, 2.75) is 39.0 Å². The summed E-state index contributed by atoms with van der Waals surface area (Å²) in [5.41, 5.74) is 13.2. The molecule has 22 heavy (non-hydrogen) atoms. The SMILES string of the molecule is CC(C)c1cccc2c(-c3csc(N)n3)c3c(nc12)CCC3. The van der Waals surface area contributed by atoms with Gasteiger partial charge in [-0.05, 0) is 36.3 Å². The summed E-state index contributed by atoms with van der Waals surface area (Å²) in [7, 11) is 0. The van der Waals surface area contributed by atoms with Gasteiger partial charge in [0, 0.05) is 22.0 Å². The number of aryl methyl sites for hydroxylation is 1. The smallest absolute Gasteiger partial charge is 0.180 e. The van der Waals surface area contributed by atoms with Crippen molar-refractivity contribution in [1.29, 1.82) is 0 Å². The molecule has 1 aliphatic carbocycles. The van der Waals surface area contributed by atoms with Gasteiger partial charge in [-0.25, -0.2) is 4.98 Å². The van der Waals surface area contributed by atoms with Crippen molar-refractivity contribution in [2.75, 3.05) is 5.73 Å². The number of benzene rings is 1. The average molecular weight is 309 g/mol. The lowest BCUT2D eigenvalue weighted by Crippen LogP contribution is -1.99. The molecule has 0 amide bonds. The van der Waals surface area contributed by atoms with Crippen molar-refractivity contribution < 1.29 is 0 Å². The summed E-state index contributed by atoms with van der Waals surface area (Å²) in [4.78, 5) is 9.57. The molecule has 0 aliphatic heterocycles. The number of aromatic nitrogens is 2. The Hall–Kier alpha value is -1.94. The molecular formula is C18H19N3S. The molecule has 2 heterocycles. The summed E-state index contributed by atoms with van der Waals surface area (Å²) in [5, 5.41) is 3.92. The topological polar surface area (TPSA) is 51.8 Å². The van der Waals surface area contributed by atoms with Crippen LogP contribution in [0.25, 0.3) is 22.2 Å². The van der Waals surface area contributed by atoms with E-state index < -0.39 is 0 Å². The van der Waals surface area contributed by atoms with Crippen LogP contribution in [-0.2, 0) is 12.8 Å². The number of fused-ring (bicyclic) bond motifs is 2. The molecule has 4 heteroatoms. The minimum Gasteiger partial charge on any atom is -0.375 e. The van der Waals surface area contributed by atoms with E-state index in [9.17, 15) is 0 Å². The van der Waals surface area contributed by atoms with Gasteiger partial charge in [-0.3, -0.25) is 4.98 Å². The number of anilines is 1. The second kappa shape index (κ2) is 5.06. The number of nitrogens with zero attached hydrogens (tertiary/aromatic N) is 2. The Labute approximate surface area is 134 Å². The van der Waals surface area contributed by atoms with E-state index in [-0.39, 0.29) is 0 Å². The van der Waals surface area contributed by atoms with Crippen molar-refractivity contribution in [3.05, 3.63) is 40.4 Å². The first-order valence-electron chi connectivity index (χ1n) is 7.81. The van der Waals surface area contributed by atoms with Crippen LogP contribution in [0.3, 0.4) is 0 Å². The van der Waals surface area contributed by atoms with E-state index in [1.807, 2.05) is 0 Å². The van der Waals surface area contributed by atoms with Gasteiger partial charge in [-0.1, -0.05) is 32.0 Å². The maximum Gasteiger partial charge on any atom is 0.180 e. The predicted octanol–water partition coefficient (Wildman–Crippen LogP) is 4.55. The molecule has 3 nitrogen and oxygen atoms in total. The molecule has 2 aromatic heterocycles. The minimum absolute atomic E-state index is 0.462. The Morgan fingerprint density at radius 3 is 2.77 bits per heavy atom. The lowest BCUT2D eigenvalue weighted by Gasteiger charge is -2.15. The number of para-hydroxylation sites is 1. The maximum absolute atomic E-state index is 5.88. The number of hydrogen-bond acceptors (Lipinski definition) is 4. The number of nitrogens with two attached hydrogens (primary N) is 1. The van der Waals surface area contributed by atoms with Crippen LogP contribution >= 0.6 is 11.3 Å². The van der Waals surface area contributed by atoms with Gasteiger partial charge in [-0.2, -0.15) is 0 Å². The van der Waals surface area contributed by atoms with Gasteiger partial charge in [0.25, 0.3) is 0 Å². The van der Waals surface area contributed by atoms with Crippen LogP contribution < -0.4 is 5.73 Å². The van der Waals surface area contributed by atoms with Crippen molar-refractivity contribution >= 4 is 27.4 Å².